The number of nitrogens with two attached hydrogens (primary N) is 1. The average molecular weight is 385 g/mol. The lowest BCUT2D eigenvalue weighted by molar-refractivity contribution is 0.0695. The Morgan fingerprint density at radius 2 is 2.07 bits per heavy atom. The molecule has 0 radical (unpaired) electrons. The molecule has 2 aliphatic carbocycles. The highest BCUT2D eigenvalue weighted by Gasteiger charge is 2.48. The minimum absolute atomic E-state index is 0.00533. The van der Waals surface area contributed by atoms with E-state index >= 15 is 4.39 Å². The summed E-state index contributed by atoms with van der Waals surface area (Å²) in [5.41, 5.74) is 7.40. The Bertz CT molecular complexity index is 1070. The molecular formula is C21H24FN3O3. The fourth-order valence-electron chi connectivity index (χ4n) is 5.00. The molecule has 1 aliphatic heterocycles. The fraction of sp³-hybridized carbons (Fsp3) is 0.524. The molecule has 0 amide bonds. The second-order valence-corrected chi connectivity index (χ2v) is 8.89. The molecule has 28 heavy (non-hydrogen) atoms. The van der Waals surface area contributed by atoms with Crippen LogP contribution in [-0.4, -0.2) is 34.8 Å². The van der Waals surface area contributed by atoms with E-state index in [0.717, 1.165) is 38.6 Å². The van der Waals surface area contributed by atoms with Gasteiger partial charge in [0, 0.05) is 36.8 Å². The number of halogens is 1. The van der Waals surface area contributed by atoms with E-state index in [4.69, 9.17) is 5.73 Å². The predicted molar refractivity (Wildman–Crippen MR) is 105 cm³/mol. The third kappa shape index (κ3) is 2.64. The topological polar surface area (TPSA) is 88.6 Å². The van der Waals surface area contributed by atoms with Crippen molar-refractivity contribution in [2.24, 2.45) is 11.1 Å². The summed E-state index contributed by atoms with van der Waals surface area (Å²) in [6, 6.07) is 1.40. The molecule has 1 aromatic carbocycles. The molecule has 2 saturated carbocycles. The first-order valence-corrected chi connectivity index (χ1v) is 9.91. The van der Waals surface area contributed by atoms with Crippen molar-refractivity contribution in [3.05, 3.63) is 39.4 Å². The average Bonchev–Trinajstić information content (AvgIpc) is 3.52. The number of carboxylic acids is 1. The van der Waals surface area contributed by atoms with E-state index in [0.29, 0.717) is 23.3 Å². The van der Waals surface area contributed by atoms with E-state index in [1.54, 1.807) is 0 Å². The van der Waals surface area contributed by atoms with Gasteiger partial charge < -0.3 is 20.3 Å². The third-order valence-corrected chi connectivity index (χ3v) is 6.60. The van der Waals surface area contributed by atoms with Crippen molar-refractivity contribution >= 4 is 22.6 Å². The summed E-state index contributed by atoms with van der Waals surface area (Å²) in [5.74, 6) is -1.75. The van der Waals surface area contributed by atoms with Crippen LogP contribution in [0.2, 0.25) is 0 Å². The van der Waals surface area contributed by atoms with Gasteiger partial charge in [0.15, 0.2) is 0 Å². The molecule has 2 aromatic rings. The number of carboxylic acid groups (broad SMARTS) is 1. The maximum Gasteiger partial charge on any atom is 0.341 e. The van der Waals surface area contributed by atoms with Gasteiger partial charge in [-0.15, -0.1) is 0 Å². The molecule has 1 spiro atoms. The molecule has 3 fully saturated rings. The van der Waals surface area contributed by atoms with Crippen LogP contribution < -0.4 is 16.1 Å². The Labute approximate surface area is 161 Å². The second kappa shape index (κ2) is 5.80. The van der Waals surface area contributed by atoms with Gasteiger partial charge in [-0.3, -0.25) is 4.79 Å². The van der Waals surface area contributed by atoms with Gasteiger partial charge in [-0.25, -0.2) is 9.18 Å². The Kier molecular flexibility index (Phi) is 3.66. The Hall–Kier alpha value is -2.41. The molecule has 1 saturated heterocycles. The maximum absolute atomic E-state index is 15.2. The van der Waals surface area contributed by atoms with Gasteiger partial charge in [-0.05, 0) is 56.1 Å². The number of aromatic carboxylic acids is 1. The number of benzene rings is 1. The van der Waals surface area contributed by atoms with Crippen molar-refractivity contribution in [1.82, 2.24) is 4.57 Å². The molecule has 1 aromatic heterocycles. The molecule has 3 aliphatic rings. The van der Waals surface area contributed by atoms with Gasteiger partial charge in [0.25, 0.3) is 0 Å². The van der Waals surface area contributed by atoms with E-state index in [1.807, 2.05) is 16.4 Å². The maximum atomic E-state index is 15.2. The SMILES string of the molecule is Cc1c(N2CC(N)CC3(CC3)C2)c(F)cc2c(=O)c(C(=O)O)cn(C3CC3)c12. The van der Waals surface area contributed by atoms with Crippen LogP contribution >= 0.6 is 0 Å². The van der Waals surface area contributed by atoms with Crippen molar-refractivity contribution < 1.29 is 14.3 Å². The molecule has 6 nitrogen and oxygen atoms in total. The number of fused-ring (bicyclic) bond motifs is 1. The number of aryl methyl sites for hydroxylation is 1. The van der Waals surface area contributed by atoms with E-state index < -0.39 is 17.2 Å². The Morgan fingerprint density at radius 3 is 2.68 bits per heavy atom. The molecule has 2 heterocycles. The van der Waals surface area contributed by atoms with Crippen LogP contribution in [0, 0.1) is 18.2 Å². The molecule has 1 atom stereocenters. The highest BCUT2D eigenvalue weighted by molar-refractivity contribution is 5.95. The first-order valence-electron chi connectivity index (χ1n) is 9.91. The van der Waals surface area contributed by atoms with Crippen LogP contribution in [0.15, 0.2) is 17.1 Å². The van der Waals surface area contributed by atoms with Crippen LogP contribution in [-0.2, 0) is 0 Å². The highest BCUT2D eigenvalue weighted by Crippen LogP contribution is 2.53. The van der Waals surface area contributed by atoms with Crippen molar-refractivity contribution in [2.45, 2.75) is 51.1 Å². The number of rotatable bonds is 3. The number of aromatic nitrogens is 1. The number of hydrogen-bond donors (Lipinski definition) is 2. The molecule has 1 unspecified atom stereocenters. The quantitative estimate of drug-likeness (QED) is 0.848. The fourth-order valence-corrected chi connectivity index (χ4v) is 5.00. The zero-order valence-electron chi connectivity index (χ0n) is 15.9. The van der Waals surface area contributed by atoms with Gasteiger partial charge >= 0.3 is 5.97 Å². The van der Waals surface area contributed by atoms with E-state index in [1.165, 1.54) is 12.3 Å². The number of hydrogen-bond acceptors (Lipinski definition) is 4. The molecule has 148 valence electrons. The van der Waals surface area contributed by atoms with Crippen molar-refractivity contribution in [1.29, 1.82) is 0 Å². The predicted octanol–water partition coefficient (Wildman–Crippen LogP) is 2.80. The minimum atomic E-state index is -1.28. The van der Waals surface area contributed by atoms with Crippen LogP contribution in [0.5, 0.6) is 0 Å². The molecule has 0 bridgehead atoms. The third-order valence-electron chi connectivity index (χ3n) is 6.60. The lowest BCUT2D eigenvalue weighted by Crippen LogP contribution is -2.48. The zero-order valence-corrected chi connectivity index (χ0v) is 15.9. The number of pyridine rings is 1. The number of piperidine rings is 1. The van der Waals surface area contributed by atoms with E-state index in [2.05, 4.69) is 0 Å². The number of anilines is 1. The summed E-state index contributed by atoms with van der Waals surface area (Å²) in [6.07, 6.45) is 6.53. The highest BCUT2D eigenvalue weighted by atomic mass is 19.1. The summed E-state index contributed by atoms with van der Waals surface area (Å²) in [7, 11) is 0. The van der Waals surface area contributed by atoms with Crippen LogP contribution in [0.1, 0.15) is 54.1 Å². The first-order chi connectivity index (χ1) is 13.3. The Morgan fingerprint density at radius 1 is 1.36 bits per heavy atom. The summed E-state index contributed by atoms with van der Waals surface area (Å²) < 4.78 is 17.1. The minimum Gasteiger partial charge on any atom is -0.477 e. The molecule has 7 heteroatoms. The number of nitrogens with zero attached hydrogens (tertiary/aromatic N) is 2. The first kappa shape index (κ1) is 17.7. The van der Waals surface area contributed by atoms with Crippen LogP contribution in [0.3, 0.4) is 0 Å². The van der Waals surface area contributed by atoms with Crippen molar-refractivity contribution in [3.8, 4) is 0 Å². The van der Waals surface area contributed by atoms with Gasteiger partial charge in [-0.1, -0.05) is 0 Å². The van der Waals surface area contributed by atoms with Crippen molar-refractivity contribution in [2.75, 3.05) is 18.0 Å². The standard InChI is InChI=1S/C21H24FN3O3/c1-11-17-14(19(26)15(20(27)28)9-25(17)13-2-3-13)6-16(22)18(11)24-8-12(23)7-21(10-24)4-5-21/h6,9,12-13H,2-5,7-8,10,23H2,1H3,(H,27,28). The molecule has 5 rings (SSSR count). The van der Waals surface area contributed by atoms with Gasteiger partial charge in [0.1, 0.15) is 11.4 Å². The van der Waals surface area contributed by atoms with Crippen LogP contribution in [0.4, 0.5) is 10.1 Å². The van der Waals surface area contributed by atoms with Crippen LogP contribution in [0.25, 0.3) is 10.9 Å². The lowest BCUT2D eigenvalue weighted by Gasteiger charge is -2.39. The summed E-state index contributed by atoms with van der Waals surface area (Å²) in [5, 5.41) is 9.56. The van der Waals surface area contributed by atoms with Gasteiger partial charge in [0.05, 0.1) is 11.2 Å². The van der Waals surface area contributed by atoms with E-state index in [9.17, 15) is 14.7 Å². The molecule has 3 N–H and O–H groups in total. The smallest absolute Gasteiger partial charge is 0.341 e. The van der Waals surface area contributed by atoms with Gasteiger partial charge in [-0.2, -0.15) is 0 Å². The largest absolute Gasteiger partial charge is 0.477 e. The zero-order chi connectivity index (χ0) is 19.8. The number of carbonyl (C=O) groups is 1. The summed E-state index contributed by atoms with van der Waals surface area (Å²) in [4.78, 5) is 26.3. The summed E-state index contributed by atoms with van der Waals surface area (Å²) >= 11 is 0. The van der Waals surface area contributed by atoms with Crippen molar-refractivity contribution in [3.63, 3.8) is 0 Å². The lowest BCUT2D eigenvalue weighted by atomic mass is 9.90. The second-order valence-electron chi connectivity index (χ2n) is 8.89. The van der Waals surface area contributed by atoms with Gasteiger partial charge in [0.2, 0.25) is 5.43 Å². The Balaban J connectivity index is 1.74. The molecular weight excluding hydrogens is 361 g/mol. The van der Waals surface area contributed by atoms with E-state index in [-0.39, 0.29) is 28.4 Å². The normalized spacial score (nSPS) is 23.4. The summed E-state index contributed by atoms with van der Waals surface area (Å²) in [6.45, 7) is 3.20. The monoisotopic (exact) mass is 385 g/mol.